The number of anilines is 2. The van der Waals surface area contributed by atoms with E-state index < -0.39 is 0 Å². The van der Waals surface area contributed by atoms with Crippen LogP contribution in [-0.4, -0.2) is 21.4 Å². The number of furan rings is 1. The van der Waals surface area contributed by atoms with Gasteiger partial charge in [-0.1, -0.05) is 55.1 Å². The van der Waals surface area contributed by atoms with Crippen molar-refractivity contribution in [3.8, 4) is 0 Å². The maximum absolute atomic E-state index is 12.7. The number of hydrogen-bond donors (Lipinski definition) is 2. The fraction of sp³-hybridized carbons (Fsp3) is 0.350. The molecule has 0 fully saturated rings. The van der Waals surface area contributed by atoms with Crippen LogP contribution in [0.1, 0.15) is 44.4 Å². The summed E-state index contributed by atoms with van der Waals surface area (Å²) in [6.07, 6.45) is 2.66. The Hall–Kier alpha value is -2.32. The third kappa shape index (κ3) is 5.36. The second kappa shape index (κ2) is 9.75. The van der Waals surface area contributed by atoms with E-state index in [0.29, 0.717) is 17.6 Å². The summed E-state index contributed by atoms with van der Waals surface area (Å²) in [6.45, 7) is 6.74. The number of benzene rings is 1. The van der Waals surface area contributed by atoms with Gasteiger partial charge in [0.1, 0.15) is 5.76 Å². The molecule has 28 heavy (non-hydrogen) atoms. The summed E-state index contributed by atoms with van der Waals surface area (Å²) in [6, 6.07) is 11.7. The lowest BCUT2D eigenvalue weighted by Crippen LogP contribution is -2.23. The van der Waals surface area contributed by atoms with E-state index in [0.717, 1.165) is 27.8 Å². The first kappa shape index (κ1) is 20.4. The summed E-state index contributed by atoms with van der Waals surface area (Å²) < 4.78 is 6.03. The molecule has 0 saturated carbocycles. The molecule has 0 radical (unpaired) electrons. The number of thioether (sulfide) groups is 1. The Balaban J connectivity index is 1.56. The van der Waals surface area contributed by atoms with Crippen LogP contribution in [0.5, 0.6) is 0 Å². The lowest BCUT2D eigenvalue weighted by molar-refractivity contribution is -0.115. The first-order chi connectivity index (χ1) is 13.6. The normalized spacial score (nSPS) is 13.1. The molecule has 2 N–H and O–H groups in total. The first-order valence-corrected chi connectivity index (χ1v) is 10.9. The van der Waals surface area contributed by atoms with E-state index in [4.69, 9.17) is 4.42 Å². The highest BCUT2D eigenvalue weighted by Gasteiger charge is 2.19. The molecule has 0 unspecified atom stereocenters. The van der Waals surface area contributed by atoms with Gasteiger partial charge in [0.15, 0.2) is 4.34 Å². The van der Waals surface area contributed by atoms with Crippen LogP contribution in [0.4, 0.5) is 10.8 Å². The zero-order valence-corrected chi connectivity index (χ0v) is 17.8. The minimum Gasteiger partial charge on any atom is -0.467 e. The second-order valence-electron chi connectivity index (χ2n) is 6.45. The van der Waals surface area contributed by atoms with Crippen LogP contribution in [-0.2, 0) is 11.3 Å². The third-order valence-corrected chi connectivity index (χ3v) is 6.47. The highest BCUT2D eigenvalue weighted by molar-refractivity contribution is 8.02. The molecule has 8 heteroatoms. The molecule has 1 aromatic carbocycles. The molecule has 0 bridgehead atoms. The van der Waals surface area contributed by atoms with Crippen LogP contribution in [0.3, 0.4) is 0 Å². The molecule has 1 amide bonds. The number of carbonyl (C=O) groups is 1. The van der Waals surface area contributed by atoms with Gasteiger partial charge in [0, 0.05) is 5.69 Å². The van der Waals surface area contributed by atoms with E-state index >= 15 is 0 Å². The van der Waals surface area contributed by atoms with Crippen molar-refractivity contribution >= 4 is 39.8 Å². The van der Waals surface area contributed by atoms with Crippen molar-refractivity contribution in [2.75, 3.05) is 10.6 Å². The van der Waals surface area contributed by atoms with Gasteiger partial charge in [0.05, 0.1) is 18.1 Å². The number of rotatable bonds is 9. The lowest BCUT2D eigenvalue weighted by atomic mass is 9.97. The summed E-state index contributed by atoms with van der Waals surface area (Å²) in [5.74, 6) is 1.18. The molecule has 2 atom stereocenters. The Morgan fingerprint density at radius 3 is 2.79 bits per heavy atom. The average molecular weight is 417 g/mol. The van der Waals surface area contributed by atoms with Crippen molar-refractivity contribution in [3.63, 3.8) is 0 Å². The zero-order chi connectivity index (χ0) is 19.9. The molecule has 0 aliphatic carbocycles. The van der Waals surface area contributed by atoms with E-state index in [1.165, 1.54) is 23.1 Å². The minimum atomic E-state index is -0.282. The number of para-hydroxylation sites is 1. The van der Waals surface area contributed by atoms with Crippen LogP contribution in [0.2, 0.25) is 0 Å². The Labute approximate surface area is 173 Å². The fourth-order valence-corrected chi connectivity index (χ4v) is 4.50. The van der Waals surface area contributed by atoms with Gasteiger partial charge in [0.25, 0.3) is 0 Å². The predicted molar refractivity (Wildman–Crippen MR) is 115 cm³/mol. The van der Waals surface area contributed by atoms with Crippen LogP contribution < -0.4 is 10.6 Å². The average Bonchev–Trinajstić information content (AvgIpc) is 3.38. The van der Waals surface area contributed by atoms with Crippen molar-refractivity contribution in [1.29, 1.82) is 0 Å². The first-order valence-electron chi connectivity index (χ1n) is 9.23. The van der Waals surface area contributed by atoms with Crippen molar-refractivity contribution in [1.82, 2.24) is 10.2 Å². The molecule has 3 aromatic rings. The molecule has 0 spiro atoms. The van der Waals surface area contributed by atoms with E-state index in [-0.39, 0.29) is 11.2 Å². The van der Waals surface area contributed by atoms with Crippen LogP contribution >= 0.6 is 23.1 Å². The quantitative estimate of drug-likeness (QED) is 0.456. The second-order valence-corrected chi connectivity index (χ2v) is 9.02. The summed E-state index contributed by atoms with van der Waals surface area (Å²) >= 11 is 2.83. The van der Waals surface area contributed by atoms with E-state index in [1.54, 1.807) is 6.26 Å². The smallest absolute Gasteiger partial charge is 0.237 e. The Morgan fingerprint density at radius 2 is 2.04 bits per heavy atom. The lowest BCUT2D eigenvalue weighted by Gasteiger charge is -2.17. The number of aromatic nitrogens is 2. The number of hydrogen-bond acceptors (Lipinski definition) is 7. The molecular formula is C20H24N4O2S2. The summed E-state index contributed by atoms with van der Waals surface area (Å²) in [5.41, 5.74) is 2.04. The van der Waals surface area contributed by atoms with Gasteiger partial charge in [0.2, 0.25) is 11.0 Å². The summed E-state index contributed by atoms with van der Waals surface area (Å²) in [4.78, 5) is 12.7. The summed E-state index contributed by atoms with van der Waals surface area (Å²) in [5, 5.41) is 14.9. The standard InChI is InChI=1S/C20H24N4O2S2/c1-4-13(2)16-9-5-6-10-17(16)22-18(25)14(3)27-20-24-23-19(28-20)21-12-15-8-7-11-26-15/h5-11,13-14H,4,12H2,1-3H3,(H,21,23)(H,22,25)/t13-,14-/m0/s1. The third-order valence-electron chi connectivity index (χ3n) is 4.41. The van der Waals surface area contributed by atoms with Gasteiger partial charge < -0.3 is 15.1 Å². The van der Waals surface area contributed by atoms with Gasteiger partial charge in [-0.25, -0.2) is 0 Å². The Kier molecular flexibility index (Phi) is 7.11. The van der Waals surface area contributed by atoms with Gasteiger partial charge in [-0.05, 0) is 43.0 Å². The van der Waals surface area contributed by atoms with Crippen LogP contribution in [0.25, 0.3) is 0 Å². The molecular weight excluding hydrogens is 392 g/mol. The molecule has 6 nitrogen and oxygen atoms in total. The molecule has 148 valence electrons. The van der Waals surface area contributed by atoms with Gasteiger partial charge >= 0.3 is 0 Å². The highest BCUT2D eigenvalue weighted by atomic mass is 32.2. The molecule has 0 saturated heterocycles. The Bertz CT molecular complexity index is 895. The van der Waals surface area contributed by atoms with E-state index in [2.05, 4.69) is 40.7 Å². The minimum absolute atomic E-state index is 0.0407. The number of carbonyl (C=O) groups excluding carboxylic acids is 1. The number of amides is 1. The van der Waals surface area contributed by atoms with Gasteiger partial charge in [-0.3, -0.25) is 4.79 Å². The van der Waals surface area contributed by atoms with Crippen molar-refractivity contribution in [3.05, 3.63) is 54.0 Å². The highest BCUT2D eigenvalue weighted by Crippen LogP contribution is 2.31. The SMILES string of the molecule is CC[C@H](C)c1ccccc1NC(=O)[C@H](C)Sc1nnc(NCc2ccco2)s1. The van der Waals surface area contributed by atoms with Gasteiger partial charge in [-0.15, -0.1) is 10.2 Å². The number of nitrogens with zero attached hydrogens (tertiary/aromatic N) is 2. The maximum atomic E-state index is 12.7. The Morgan fingerprint density at radius 1 is 1.21 bits per heavy atom. The zero-order valence-electron chi connectivity index (χ0n) is 16.1. The maximum Gasteiger partial charge on any atom is 0.237 e. The van der Waals surface area contributed by atoms with Gasteiger partial charge in [-0.2, -0.15) is 0 Å². The van der Waals surface area contributed by atoms with E-state index in [9.17, 15) is 4.79 Å². The number of nitrogens with one attached hydrogen (secondary N) is 2. The topological polar surface area (TPSA) is 80.0 Å². The largest absolute Gasteiger partial charge is 0.467 e. The van der Waals surface area contributed by atoms with Crippen LogP contribution in [0.15, 0.2) is 51.4 Å². The molecule has 2 aromatic heterocycles. The van der Waals surface area contributed by atoms with Crippen molar-refractivity contribution < 1.29 is 9.21 Å². The summed E-state index contributed by atoms with van der Waals surface area (Å²) in [7, 11) is 0. The molecule has 2 heterocycles. The predicted octanol–water partition coefficient (Wildman–Crippen LogP) is 5.38. The molecule has 3 rings (SSSR count). The van der Waals surface area contributed by atoms with E-state index in [1.807, 2.05) is 37.3 Å². The van der Waals surface area contributed by atoms with Crippen molar-refractivity contribution in [2.24, 2.45) is 0 Å². The van der Waals surface area contributed by atoms with Crippen LogP contribution in [0, 0.1) is 0 Å². The molecule has 0 aliphatic heterocycles. The fourth-order valence-electron chi connectivity index (χ4n) is 2.60. The van der Waals surface area contributed by atoms with Crippen molar-refractivity contribution in [2.45, 2.75) is 49.2 Å². The monoisotopic (exact) mass is 416 g/mol. The molecule has 0 aliphatic rings.